The van der Waals surface area contributed by atoms with E-state index in [1.54, 1.807) is 6.92 Å². The van der Waals surface area contributed by atoms with Crippen molar-refractivity contribution in [3.63, 3.8) is 0 Å². The monoisotopic (exact) mass is 231 g/mol. The van der Waals surface area contributed by atoms with Gasteiger partial charge in [0.25, 0.3) is 0 Å². The van der Waals surface area contributed by atoms with Crippen LogP contribution in [-0.2, 0) is 9.53 Å². The summed E-state index contributed by atoms with van der Waals surface area (Å²) in [6.45, 7) is 4.64. The highest BCUT2D eigenvalue weighted by Gasteiger charge is 2.20. The second-order valence-corrected chi connectivity index (χ2v) is 4.36. The van der Waals surface area contributed by atoms with E-state index in [1.165, 1.54) is 0 Å². The fourth-order valence-corrected chi connectivity index (χ4v) is 1.95. The Morgan fingerprint density at radius 2 is 2.12 bits per heavy atom. The van der Waals surface area contributed by atoms with Crippen LogP contribution >= 0.6 is 0 Å². The van der Waals surface area contributed by atoms with E-state index in [1.807, 2.05) is 0 Å². The number of aliphatic hydroxyl groups is 1. The van der Waals surface area contributed by atoms with Gasteiger partial charge in [-0.25, -0.2) is 0 Å². The van der Waals surface area contributed by atoms with E-state index < -0.39 is 5.97 Å². The number of aliphatic hydroxyl groups excluding tert-OH is 1. The van der Waals surface area contributed by atoms with Gasteiger partial charge < -0.3 is 19.8 Å². The minimum absolute atomic E-state index is 0.0773. The first kappa shape index (κ1) is 13.4. The zero-order valence-corrected chi connectivity index (χ0v) is 9.76. The molecular weight excluding hydrogens is 210 g/mol. The average molecular weight is 231 g/mol. The number of aliphatic carboxylic acids is 1. The van der Waals surface area contributed by atoms with E-state index >= 15 is 0 Å². The van der Waals surface area contributed by atoms with Crippen molar-refractivity contribution in [2.24, 2.45) is 0 Å². The molecule has 1 fully saturated rings. The van der Waals surface area contributed by atoms with E-state index in [-0.39, 0.29) is 18.6 Å². The molecule has 1 unspecified atom stereocenters. The standard InChI is InChI=1S/C11H21NO4/c1-9(13)8-12-5-2-10(3-6-12)16-7-4-11(14)15/h9-10,13H,2-8H2,1H3,(H,14,15). The summed E-state index contributed by atoms with van der Waals surface area (Å²) in [4.78, 5) is 12.5. The predicted octanol–water partition coefficient (Wildman–Crippen LogP) is 0.323. The lowest BCUT2D eigenvalue weighted by Crippen LogP contribution is -2.40. The second-order valence-electron chi connectivity index (χ2n) is 4.36. The van der Waals surface area contributed by atoms with Crippen LogP contribution in [0, 0.1) is 0 Å². The molecule has 5 heteroatoms. The van der Waals surface area contributed by atoms with E-state index in [2.05, 4.69) is 4.90 Å². The lowest BCUT2D eigenvalue weighted by atomic mass is 10.1. The lowest BCUT2D eigenvalue weighted by molar-refractivity contribution is -0.138. The third-order valence-corrected chi connectivity index (χ3v) is 2.73. The molecule has 0 saturated carbocycles. The molecule has 0 aliphatic carbocycles. The van der Waals surface area contributed by atoms with Crippen molar-refractivity contribution in [1.29, 1.82) is 0 Å². The number of carbonyl (C=O) groups is 1. The highest BCUT2D eigenvalue weighted by Crippen LogP contribution is 2.14. The summed E-state index contributed by atoms with van der Waals surface area (Å²) < 4.78 is 5.48. The van der Waals surface area contributed by atoms with Gasteiger partial charge in [0, 0.05) is 19.6 Å². The van der Waals surface area contributed by atoms with Gasteiger partial charge in [0.05, 0.1) is 25.2 Å². The van der Waals surface area contributed by atoms with Crippen molar-refractivity contribution in [2.75, 3.05) is 26.2 Å². The Kier molecular flexibility index (Phi) is 5.73. The Hall–Kier alpha value is -0.650. The largest absolute Gasteiger partial charge is 0.481 e. The highest BCUT2D eigenvalue weighted by molar-refractivity contribution is 5.66. The van der Waals surface area contributed by atoms with E-state index in [4.69, 9.17) is 9.84 Å². The maximum Gasteiger partial charge on any atom is 0.305 e. The first-order chi connectivity index (χ1) is 7.58. The van der Waals surface area contributed by atoms with Gasteiger partial charge >= 0.3 is 5.97 Å². The van der Waals surface area contributed by atoms with E-state index in [0.717, 1.165) is 25.9 Å². The van der Waals surface area contributed by atoms with Crippen molar-refractivity contribution in [3.05, 3.63) is 0 Å². The third kappa shape index (κ3) is 5.44. The zero-order chi connectivity index (χ0) is 12.0. The Labute approximate surface area is 96.0 Å². The summed E-state index contributed by atoms with van der Waals surface area (Å²) in [6, 6.07) is 0. The molecule has 0 radical (unpaired) electrons. The highest BCUT2D eigenvalue weighted by atomic mass is 16.5. The molecule has 0 spiro atoms. The number of hydrogen-bond acceptors (Lipinski definition) is 4. The van der Waals surface area contributed by atoms with E-state index in [0.29, 0.717) is 13.2 Å². The minimum atomic E-state index is -0.813. The summed E-state index contributed by atoms with van der Waals surface area (Å²) in [5, 5.41) is 17.7. The number of likely N-dealkylation sites (tertiary alicyclic amines) is 1. The molecule has 1 rings (SSSR count). The average Bonchev–Trinajstić information content (AvgIpc) is 2.19. The maximum atomic E-state index is 10.3. The molecule has 1 aliphatic heterocycles. The van der Waals surface area contributed by atoms with Crippen LogP contribution in [0.3, 0.4) is 0 Å². The molecule has 0 bridgehead atoms. The molecule has 0 amide bonds. The number of ether oxygens (including phenoxy) is 1. The Balaban J connectivity index is 2.09. The quantitative estimate of drug-likeness (QED) is 0.689. The number of carboxylic acids is 1. The number of hydrogen-bond donors (Lipinski definition) is 2. The molecule has 16 heavy (non-hydrogen) atoms. The van der Waals surface area contributed by atoms with Gasteiger partial charge in [-0.05, 0) is 19.8 Å². The van der Waals surface area contributed by atoms with Crippen molar-refractivity contribution >= 4 is 5.97 Å². The number of nitrogens with zero attached hydrogens (tertiary/aromatic N) is 1. The first-order valence-corrected chi connectivity index (χ1v) is 5.81. The topological polar surface area (TPSA) is 70.0 Å². The molecule has 1 saturated heterocycles. The SMILES string of the molecule is CC(O)CN1CCC(OCCC(=O)O)CC1. The minimum Gasteiger partial charge on any atom is -0.481 e. The van der Waals surface area contributed by atoms with Gasteiger partial charge in [0.15, 0.2) is 0 Å². The Morgan fingerprint density at radius 1 is 1.50 bits per heavy atom. The van der Waals surface area contributed by atoms with Crippen LogP contribution in [0.2, 0.25) is 0 Å². The number of rotatable bonds is 6. The number of carboxylic acid groups (broad SMARTS) is 1. The maximum absolute atomic E-state index is 10.3. The Bertz CT molecular complexity index is 212. The van der Waals surface area contributed by atoms with Gasteiger partial charge in [-0.2, -0.15) is 0 Å². The van der Waals surface area contributed by atoms with Crippen LogP contribution < -0.4 is 0 Å². The third-order valence-electron chi connectivity index (χ3n) is 2.73. The van der Waals surface area contributed by atoms with Crippen molar-refractivity contribution < 1.29 is 19.7 Å². The molecule has 2 N–H and O–H groups in total. The van der Waals surface area contributed by atoms with Gasteiger partial charge in [0.1, 0.15) is 0 Å². The van der Waals surface area contributed by atoms with Crippen LogP contribution in [0.25, 0.3) is 0 Å². The first-order valence-electron chi connectivity index (χ1n) is 5.81. The summed E-state index contributed by atoms with van der Waals surface area (Å²) >= 11 is 0. The number of β-amino-alcohol motifs (C(OH)–C–C–N with tert-alkyl or cyclic N) is 1. The van der Waals surface area contributed by atoms with Gasteiger partial charge in [-0.3, -0.25) is 4.79 Å². The molecule has 0 aromatic rings. The summed E-state index contributed by atoms with van der Waals surface area (Å²) in [5.74, 6) is -0.813. The molecule has 0 aromatic carbocycles. The van der Waals surface area contributed by atoms with Crippen LogP contribution in [0.15, 0.2) is 0 Å². The molecule has 5 nitrogen and oxygen atoms in total. The van der Waals surface area contributed by atoms with Crippen molar-refractivity contribution in [1.82, 2.24) is 4.90 Å². The fourth-order valence-electron chi connectivity index (χ4n) is 1.95. The fraction of sp³-hybridized carbons (Fsp3) is 0.909. The molecular formula is C11H21NO4. The summed E-state index contributed by atoms with van der Waals surface area (Å²) in [5.41, 5.74) is 0. The van der Waals surface area contributed by atoms with Crippen molar-refractivity contribution in [3.8, 4) is 0 Å². The molecule has 0 aromatic heterocycles. The summed E-state index contributed by atoms with van der Waals surface area (Å²) in [7, 11) is 0. The Morgan fingerprint density at radius 3 is 2.62 bits per heavy atom. The summed E-state index contributed by atoms with van der Waals surface area (Å²) in [6.07, 6.45) is 1.82. The van der Waals surface area contributed by atoms with E-state index in [9.17, 15) is 9.90 Å². The zero-order valence-electron chi connectivity index (χ0n) is 9.76. The van der Waals surface area contributed by atoms with Crippen LogP contribution in [-0.4, -0.2) is 59.5 Å². The smallest absolute Gasteiger partial charge is 0.305 e. The molecule has 1 aliphatic rings. The van der Waals surface area contributed by atoms with Gasteiger partial charge in [-0.15, -0.1) is 0 Å². The molecule has 1 heterocycles. The van der Waals surface area contributed by atoms with Crippen LogP contribution in [0.5, 0.6) is 0 Å². The lowest BCUT2D eigenvalue weighted by Gasteiger charge is -2.32. The predicted molar refractivity (Wildman–Crippen MR) is 59.3 cm³/mol. The van der Waals surface area contributed by atoms with Gasteiger partial charge in [0.2, 0.25) is 0 Å². The van der Waals surface area contributed by atoms with Crippen LogP contribution in [0.4, 0.5) is 0 Å². The second kappa shape index (κ2) is 6.83. The number of piperidine rings is 1. The normalized spacial score (nSPS) is 20.9. The van der Waals surface area contributed by atoms with Crippen molar-refractivity contribution in [2.45, 2.75) is 38.4 Å². The molecule has 1 atom stereocenters. The van der Waals surface area contributed by atoms with Gasteiger partial charge in [-0.1, -0.05) is 0 Å². The molecule has 94 valence electrons. The van der Waals surface area contributed by atoms with Crippen LogP contribution in [0.1, 0.15) is 26.2 Å².